The Hall–Kier alpha value is -6.37. The maximum absolute atomic E-state index is 13.1. The Balaban J connectivity index is 0.000000291. The van der Waals surface area contributed by atoms with Crippen LogP contribution >= 0.6 is 0 Å². The van der Waals surface area contributed by atoms with Crippen LogP contribution in [0.3, 0.4) is 0 Å². The number of carbonyl (C=O) groups is 3. The number of pyridine rings is 2. The summed E-state index contributed by atoms with van der Waals surface area (Å²) in [6.07, 6.45) is -1.95. The Morgan fingerprint density at radius 2 is 1.17 bits per heavy atom. The summed E-state index contributed by atoms with van der Waals surface area (Å²) in [6, 6.07) is 5.28. The van der Waals surface area contributed by atoms with Crippen LogP contribution in [0, 0.1) is 0 Å². The summed E-state index contributed by atoms with van der Waals surface area (Å²) in [7, 11) is 1.20. The van der Waals surface area contributed by atoms with Gasteiger partial charge in [0.05, 0.1) is 58.2 Å². The largest absolute Gasteiger partial charge is 0.478 e. The number of nitrogens with two attached hydrogens (primary N) is 1. The lowest BCUT2D eigenvalue weighted by atomic mass is 10.0. The number of hydrogen-bond donors (Lipinski definition) is 3. The summed E-state index contributed by atoms with van der Waals surface area (Å²) in [4.78, 5) is 59.8. The summed E-state index contributed by atoms with van der Waals surface area (Å²) in [5, 5.41) is 11.1. The maximum atomic E-state index is 13.1. The number of carboxylic acid groups (broad SMARTS) is 1. The Kier molecular flexibility index (Phi) is 12.1. The number of nitrogens with zero attached hydrogens (tertiary/aromatic N) is 6. The van der Waals surface area contributed by atoms with Crippen molar-refractivity contribution in [3.05, 3.63) is 119 Å². The Morgan fingerprint density at radius 1 is 0.698 bits per heavy atom. The molecule has 0 aliphatic rings. The normalized spacial score (nSPS) is 12.5. The molecular weight excluding hydrogens is 714 g/mol. The predicted octanol–water partition coefficient (Wildman–Crippen LogP) is 6.11. The zero-order valence-corrected chi connectivity index (χ0v) is 27.8. The number of methoxy groups -OCH3 is 1. The van der Waals surface area contributed by atoms with Gasteiger partial charge in [0.25, 0.3) is 5.91 Å². The van der Waals surface area contributed by atoms with E-state index < -0.39 is 52.9 Å². The monoisotopic (exact) mass is 742 g/mol. The van der Waals surface area contributed by atoms with Crippen molar-refractivity contribution in [1.82, 2.24) is 35.2 Å². The fraction of sp³-hybridized carbons (Fsp3) is 0.206. The second kappa shape index (κ2) is 16.3. The standard InChI is InChI=1S/C22H16F6N4O3.C12H12N4O2/c1-11(17-18(30-6-5-29-17)16-4-3-12(10-31-16)20(34)35-2)32-19(33)13-7-14(21(23,24)25)9-15(8-13)22(26,27)28;1-7(13)10-11(15-5-4-14-10)9-3-2-8(6-16-9)12(17)18/h3-11H,1-2H3,(H,32,33);2-7H,13H2,1H3,(H,17,18)/t11-;7-/m11/s1. The lowest BCUT2D eigenvalue weighted by molar-refractivity contribution is -0.143. The number of benzene rings is 1. The quantitative estimate of drug-likeness (QED) is 0.122. The number of esters is 1. The molecule has 0 saturated heterocycles. The van der Waals surface area contributed by atoms with Crippen molar-refractivity contribution in [2.75, 3.05) is 7.11 Å². The summed E-state index contributed by atoms with van der Waals surface area (Å²) in [5.74, 6) is -2.82. The molecule has 2 atom stereocenters. The lowest BCUT2D eigenvalue weighted by Gasteiger charge is -2.18. The predicted molar refractivity (Wildman–Crippen MR) is 174 cm³/mol. The number of alkyl halides is 6. The molecule has 1 aromatic carbocycles. The van der Waals surface area contributed by atoms with Gasteiger partial charge in [-0.25, -0.2) is 9.59 Å². The molecule has 0 unspecified atom stereocenters. The highest BCUT2D eigenvalue weighted by atomic mass is 19.4. The minimum absolute atomic E-state index is 0.0648. The molecule has 53 heavy (non-hydrogen) atoms. The minimum atomic E-state index is -5.10. The molecule has 0 aliphatic carbocycles. The molecule has 5 rings (SSSR count). The van der Waals surface area contributed by atoms with Crippen LogP contribution in [0.4, 0.5) is 26.3 Å². The molecule has 4 aromatic heterocycles. The van der Waals surface area contributed by atoms with Crippen molar-refractivity contribution < 1.29 is 50.6 Å². The van der Waals surface area contributed by atoms with Crippen molar-refractivity contribution >= 4 is 17.8 Å². The van der Waals surface area contributed by atoms with E-state index in [1.165, 1.54) is 57.0 Å². The summed E-state index contributed by atoms with van der Waals surface area (Å²) in [5.41, 5.74) is 4.38. The fourth-order valence-corrected chi connectivity index (χ4v) is 4.61. The Bertz CT molecular complexity index is 2060. The molecule has 1 amide bonds. The first-order valence-electron chi connectivity index (χ1n) is 15.1. The molecule has 0 bridgehead atoms. The van der Waals surface area contributed by atoms with E-state index >= 15 is 0 Å². The molecule has 4 N–H and O–H groups in total. The topological polar surface area (TPSA) is 196 Å². The first-order valence-corrected chi connectivity index (χ1v) is 15.1. The highest BCUT2D eigenvalue weighted by Crippen LogP contribution is 2.36. The summed E-state index contributed by atoms with van der Waals surface area (Å²) >= 11 is 0. The number of aromatic carboxylic acids is 1. The number of nitrogens with one attached hydrogen (secondary N) is 1. The number of rotatable bonds is 8. The fourth-order valence-electron chi connectivity index (χ4n) is 4.61. The van der Waals surface area contributed by atoms with Gasteiger partial charge in [-0.1, -0.05) is 0 Å². The van der Waals surface area contributed by atoms with Gasteiger partial charge in [-0.3, -0.25) is 34.7 Å². The van der Waals surface area contributed by atoms with Crippen LogP contribution in [0.2, 0.25) is 0 Å². The smallest absolute Gasteiger partial charge is 0.416 e. The number of aromatic nitrogens is 6. The molecular formula is C34H28F6N8O5. The van der Waals surface area contributed by atoms with Crippen LogP contribution in [0.5, 0.6) is 0 Å². The van der Waals surface area contributed by atoms with Crippen molar-refractivity contribution in [2.24, 2.45) is 5.73 Å². The minimum Gasteiger partial charge on any atom is -0.478 e. The lowest BCUT2D eigenvalue weighted by Crippen LogP contribution is -2.28. The van der Waals surface area contributed by atoms with Crippen LogP contribution in [-0.2, 0) is 17.1 Å². The van der Waals surface area contributed by atoms with Gasteiger partial charge in [-0.05, 0) is 56.3 Å². The number of ether oxygens (including phenoxy) is 1. The maximum Gasteiger partial charge on any atom is 0.416 e. The number of carbonyl (C=O) groups excluding carboxylic acids is 2. The molecule has 19 heteroatoms. The van der Waals surface area contributed by atoms with E-state index in [0.29, 0.717) is 29.2 Å². The summed E-state index contributed by atoms with van der Waals surface area (Å²) < 4.78 is 83.3. The van der Waals surface area contributed by atoms with E-state index in [9.17, 15) is 40.7 Å². The molecule has 0 aliphatic heterocycles. The molecule has 4 heterocycles. The van der Waals surface area contributed by atoms with Crippen LogP contribution in [0.1, 0.15) is 79.5 Å². The zero-order valence-electron chi connectivity index (χ0n) is 27.8. The van der Waals surface area contributed by atoms with Gasteiger partial charge in [-0.15, -0.1) is 0 Å². The number of hydrogen-bond acceptors (Lipinski definition) is 11. The third kappa shape index (κ3) is 9.91. The van der Waals surface area contributed by atoms with Gasteiger partial charge >= 0.3 is 24.3 Å². The molecule has 13 nitrogen and oxygen atoms in total. The van der Waals surface area contributed by atoms with Gasteiger partial charge in [0.1, 0.15) is 11.4 Å². The molecule has 0 spiro atoms. The van der Waals surface area contributed by atoms with Crippen LogP contribution in [0.25, 0.3) is 22.8 Å². The Labute approximate surface area is 296 Å². The van der Waals surface area contributed by atoms with Crippen LogP contribution in [0.15, 0.2) is 79.6 Å². The van der Waals surface area contributed by atoms with E-state index in [1.807, 2.05) is 0 Å². The van der Waals surface area contributed by atoms with Gasteiger partial charge in [0.15, 0.2) is 0 Å². The van der Waals surface area contributed by atoms with Crippen molar-refractivity contribution in [1.29, 1.82) is 0 Å². The zero-order chi connectivity index (χ0) is 39.1. The molecule has 0 fully saturated rings. The summed E-state index contributed by atoms with van der Waals surface area (Å²) in [6.45, 7) is 3.23. The SMILES string of the molecule is COC(=O)c1ccc(-c2nccnc2[C@@H](C)NC(=O)c2cc(C(F)(F)F)cc(C(F)(F)F)c2)nc1.C[C@@H](N)c1nccnc1-c1ccc(C(=O)O)cn1. The van der Waals surface area contributed by atoms with E-state index in [4.69, 9.17) is 10.8 Å². The van der Waals surface area contributed by atoms with Crippen LogP contribution < -0.4 is 11.1 Å². The van der Waals surface area contributed by atoms with Crippen LogP contribution in [-0.4, -0.2) is 60.0 Å². The molecule has 0 saturated carbocycles. The van der Waals surface area contributed by atoms with Gasteiger partial charge in [0.2, 0.25) is 0 Å². The van der Waals surface area contributed by atoms with Crippen molar-refractivity contribution in [3.8, 4) is 22.8 Å². The first kappa shape index (κ1) is 39.4. The average molecular weight is 743 g/mol. The number of carboxylic acids is 1. The number of amides is 1. The third-order valence-corrected chi connectivity index (χ3v) is 7.17. The third-order valence-electron chi connectivity index (χ3n) is 7.17. The van der Waals surface area contributed by atoms with E-state index in [-0.39, 0.29) is 40.3 Å². The highest BCUT2D eigenvalue weighted by molar-refractivity contribution is 5.95. The highest BCUT2D eigenvalue weighted by Gasteiger charge is 2.37. The van der Waals surface area contributed by atoms with E-state index in [1.54, 1.807) is 25.4 Å². The van der Waals surface area contributed by atoms with Gasteiger partial charge in [0, 0.05) is 48.8 Å². The van der Waals surface area contributed by atoms with Crippen molar-refractivity contribution in [2.45, 2.75) is 38.3 Å². The van der Waals surface area contributed by atoms with Gasteiger partial charge < -0.3 is 20.9 Å². The first-order chi connectivity index (χ1) is 24.9. The van der Waals surface area contributed by atoms with Crippen molar-refractivity contribution in [3.63, 3.8) is 0 Å². The second-order valence-electron chi connectivity index (χ2n) is 11.0. The van der Waals surface area contributed by atoms with E-state index in [0.717, 1.165) is 0 Å². The number of halogens is 6. The second-order valence-corrected chi connectivity index (χ2v) is 11.0. The molecule has 276 valence electrons. The van der Waals surface area contributed by atoms with E-state index in [2.05, 4.69) is 40.0 Å². The molecule has 5 aromatic rings. The van der Waals surface area contributed by atoms with Gasteiger partial charge in [-0.2, -0.15) is 26.3 Å². The average Bonchev–Trinajstić information content (AvgIpc) is 3.14. The Morgan fingerprint density at radius 3 is 1.60 bits per heavy atom. The molecule has 0 radical (unpaired) electrons.